The van der Waals surface area contributed by atoms with Crippen LogP contribution < -0.4 is 5.73 Å². The Balaban J connectivity index is 1.95. The number of rotatable bonds is 2. The number of fused-ring (bicyclic) bond motifs is 1. The third-order valence-electron chi connectivity index (χ3n) is 2.45. The molecule has 0 saturated heterocycles. The molecule has 18 heavy (non-hydrogen) atoms. The van der Waals surface area contributed by atoms with E-state index in [0.29, 0.717) is 10.9 Å². The van der Waals surface area contributed by atoms with Gasteiger partial charge in [-0.05, 0) is 49.0 Å². The van der Waals surface area contributed by atoms with E-state index >= 15 is 0 Å². The Hall–Kier alpha value is -2.01. The van der Waals surface area contributed by atoms with Crippen molar-refractivity contribution in [3.63, 3.8) is 0 Å². The van der Waals surface area contributed by atoms with Crippen molar-refractivity contribution in [1.82, 2.24) is 9.97 Å². The number of aryl methyl sites for hydroxylation is 1. The zero-order valence-electron chi connectivity index (χ0n) is 9.75. The van der Waals surface area contributed by atoms with Gasteiger partial charge in [-0.3, -0.25) is 0 Å². The predicted octanol–water partition coefficient (Wildman–Crippen LogP) is 3.26. The molecule has 3 aromatic rings. The first kappa shape index (κ1) is 11.1. The highest BCUT2D eigenvalue weighted by Gasteiger charge is 2.08. The number of nitrogens with zero attached hydrogens (tertiary/aromatic N) is 2. The van der Waals surface area contributed by atoms with Crippen LogP contribution in [0.4, 0.5) is 5.69 Å². The second-order valence-electron chi connectivity index (χ2n) is 3.93. The minimum absolute atomic E-state index is 0.578. The Kier molecular flexibility index (Phi) is 2.68. The van der Waals surface area contributed by atoms with Crippen LogP contribution >= 0.6 is 11.8 Å². The van der Waals surface area contributed by atoms with Crippen LogP contribution in [0.2, 0.25) is 0 Å². The number of hydrogen-bond donors (Lipinski definition) is 1. The lowest BCUT2D eigenvalue weighted by atomic mass is 10.3. The SMILES string of the molecule is Cc1cccc(Sc2nc3cc(N)ccc3o2)n1. The van der Waals surface area contributed by atoms with Crippen LogP contribution in [0.5, 0.6) is 0 Å². The monoisotopic (exact) mass is 257 g/mol. The standard InChI is InChI=1S/C13H11N3OS/c1-8-3-2-4-12(15-8)18-13-16-10-7-9(14)5-6-11(10)17-13/h2-7H,14H2,1H3. The van der Waals surface area contributed by atoms with Crippen LogP contribution in [0.3, 0.4) is 0 Å². The molecule has 0 fully saturated rings. The number of benzene rings is 1. The molecule has 0 aliphatic carbocycles. The number of pyridine rings is 1. The number of aromatic nitrogens is 2. The van der Waals surface area contributed by atoms with E-state index in [4.69, 9.17) is 10.2 Å². The molecule has 90 valence electrons. The first-order chi connectivity index (χ1) is 8.70. The van der Waals surface area contributed by atoms with Gasteiger partial charge in [0, 0.05) is 11.4 Å². The van der Waals surface area contributed by atoms with Crippen molar-refractivity contribution in [1.29, 1.82) is 0 Å². The lowest BCUT2D eigenvalue weighted by Gasteiger charge is -1.96. The van der Waals surface area contributed by atoms with E-state index < -0.39 is 0 Å². The molecule has 5 heteroatoms. The summed E-state index contributed by atoms with van der Waals surface area (Å²) in [6, 6.07) is 11.3. The van der Waals surface area contributed by atoms with E-state index in [1.54, 1.807) is 12.1 Å². The number of nitrogens with two attached hydrogens (primary N) is 1. The highest BCUT2D eigenvalue weighted by Crippen LogP contribution is 2.29. The first-order valence-corrected chi connectivity index (χ1v) is 6.30. The van der Waals surface area contributed by atoms with Crippen molar-refractivity contribution in [2.75, 3.05) is 5.73 Å². The van der Waals surface area contributed by atoms with Gasteiger partial charge >= 0.3 is 0 Å². The van der Waals surface area contributed by atoms with Crippen molar-refractivity contribution in [2.24, 2.45) is 0 Å². The molecule has 2 heterocycles. The summed E-state index contributed by atoms with van der Waals surface area (Å²) in [7, 11) is 0. The third kappa shape index (κ3) is 2.17. The Bertz CT molecular complexity index is 708. The minimum Gasteiger partial charge on any atom is -0.431 e. The summed E-state index contributed by atoms with van der Waals surface area (Å²) in [5.41, 5.74) is 8.86. The molecule has 0 radical (unpaired) electrons. The van der Waals surface area contributed by atoms with Crippen molar-refractivity contribution < 1.29 is 4.42 Å². The average molecular weight is 257 g/mol. The summed E-state index contributed by atoms with van der Waals surface area (Å²) in [5, 5.41) is 1.45. The van der Waals surface area contributed by atoms with Crippen LogP contribution in [0.1, 0.15) is 5.69 Å². The lowest BCUT2D eigenvalue weighted by molar-refractivity contribution is 0.489. The van der Waals surface area contributed by atoms with Crippen LogP contribution in [0.15, 0.2) is 51.1 Å². The highest BCUT2D eigenvalue weighted by atomic mass is 32.2. The van der Waals surface area contributed by atoms with Crippen LogP contribution in [0, 0.1) is 6.92 Å². The predicted molar refractivity (Wildman–Crippen MR) is 71.5 cm³/mol. The molecule has 0 spiro atoms. The molecule has 1 aromatic carbocycles. The number of nitrogen functional groups attached to an aromatic ring is 1. The van der Waals surface area contributed by atoms with Crippen molar-refractivity contribution >= 4 is 28.5 Å². The minimum atomic E-state index is 0.578. The maximum Gasteiger partial charge on any atom is 0.263 e. The summed E-state index contributed by atoms with van der Waals surface area (Å²) in [5.74, 6) is 0. The number of anilines is 1. The van der Waals surface area contributed by atoms with E-state index in [-0.39, 0.29) is 0 Å². The molecule has 0 aliphatic heterocycles. The average Bonchev–Trinajstić information content (AvgIpc) is 2.70. The van der Waals surface area contributed by atoms with Gasteiger partial charge in [0.25, 0.3) is 5.22 Å². The van der Waals surface area contributed by atoms with Crippen LogP contribution in [-0.2, 0) is 0 Å². The molecule has 0 unspecified atom stereocenters. The Morgan fingerprint density at radius 2 is 2.06 bits per heavy atom. The van der Waals surface area contributed by atoms with Crippen molar-refractivity contribution in [3.05, 3.63) is 42.1 Å². The van der Waals surface area contributed by atoms with Crippen LogP contribution in [-0.4, -0.2) is 9.97 Å². The maximum absolute atomic E-state index is 5.70. The Morgan fingerprint density at radius 3 is 2.89 bits per heavy atom. The van der Waals surface area contributed by atoms with Crippen molar-refractivity contribution in [3.8, 4) is 0 Å². The summed E-state index contributed by atoms with van der Waals surface area (Å²) in [6.07, 6.45) is 0. The fourth-order valence-corrected chi connectivity index (χ4v) is 2.42. The van der Waals surface area contributed by atoms with E-state index in [1.807, 2.05) is 31.2 Å². The van der Waals surface area contributed by atoms with Crippen LogP contribution in [0.25, 0.3) is 11.1 Å². The second kappa shape index (κ2) is 4.34. The molecule has 0 aliphatic rings. The Labute approximate surface area is 108 Å². The first-order valence-electron chi connectivity index (χ1n) is 5.48. The smallest absolute Gasteiger partial charge is 0.263 e. The van der Waals surface area contributed by atoms with Gasteiger partial charge in [0.05, 0.1) is 0 Å². The van der Waals surface area contributed by atoms with Gasteiger partial charge in [-0.1, -0.05) is 6.07 Å². The van der Waals surface area contributed by atoms with E-state index in [9.17, 15) is 0 Å². The maximum atomic E-state index is 5.70. The molecule has 2 N–H and O–H groups in total. The summed E-state index contributed by atoms with van der Waals surface area (Å²) in [6.45, 7) is 1.96. The van der Waals surface area contributed by atoms with E-state index in [2.05, 4.69) is 9.97 Å². The number of oxazole rings is 1. The summed E-state index contributed by atoms with van der Waals surface area (Å²) in [4.78, 5) is 8.77. The molecular formula is C13H11N3OS. The Morgan fingerprint density at radius 1 is 1.17 bits per heavy atom. The summed E-state index contributed by atoms with van der Waals surface area (Å²) < 4.78 is 5.62. The fourth-order valence-electron chi connectivity index (χ4n) is 1.63. The van der Waals surface area contributed by atoms with Gasteiger partial charge in [0.2, 0.25) is 0 Å². The second-order valence-corrected chi connectivity index (χ2v) is 4.90. The zero-order valence-corrected chi connectivity index (χ0v) is 10.6. The third-order valence-corrected chi connectivity index (χ3v) is 3.23. The van der Waals surface area contributed by atoms with Gasteiger partial charge in [-0.25, -0.2) is 9.97 Å². The molecule has 0 bridgehead atoms. The number of hydrogen-bond acceptors (Lipinski definition) is 5. The van der Waals surface area contributed by atoms with E-state index in [1.165, 1.54) is 11.8 Å². The zero-order chi connectivity index (χ0) is 12.5. The molecule has 0 saturated carbocycles. The lowest BCUT2D eigenvalue weighted by Crippen LogP contribution is -1.83. The molecular weight excluding hydrogens is 246 g/mol. The molecule has 0 atom stereocenters. The van der Waals surface area contributed by atoms with Crippen molar-refractivity contribution in [2.45, 2.75) is 17.2 Å². The van der Waals surface area contributed by atoms with Gasteiger partial charge in [-0.2, -0.15) is 0 Å². The van der Waals surface area contributed by atoms with Gasteiger partial charge in [0.15, 0.2) is 5.58 Å². The molecule has 2 aromatic heterocycles. The molecule has 3 rings (SSSR count). The van der Waals surface area contributed by atoms with E-state index in [0.717, 1.165) is 21.8 Å². The van der Waals surface area contributed by atoms with Gasteiger partial charge < -0.3 is 10.2 Å². The normalized spacial score (nSPS) is 10.9. The molecule has 4 nitrogen and oxygen atoms in total. The topological polar surface area (TPSA) is 64.9 Å². The largest absolute Gasteiger partial charge is 0.431 e. The van der Waals surface area contributed by atoms with Gasteiger partial charge in [0.1, 0.15) is 10.5 Å². The highest BCUT2D eigenvalue weighted by molar-refractivity contribution is 7.99. The van der Waals surface area contributed by atoms with Gasteiger partial charge in [-0.15, -0.1) is 0 Å². The quantitative estimate of drug-likeness (QED) is 0.714. The molecule has 0 amide bonds. The fraction of sp³-hybridized carbons (Fsp3) is 0.0769. The summed E-state index contributed by atoms with van der Waals surface area (Å²) >= 11 is 1.40.